The van der Waals surface area contributed by atoms with E-state index in [1.807, 2.05) is 12.3 Å². The number of amides is 1. The van der Waals surface area contributed by atoms with Gasteiger partial charge in [0.15, 0.2) is 0 Å². The van der Waals surface area contributed by atoms with Crippen molar-refractivity contribution in [1.82, 2.24) is 4.90 Å². The first kappa shape index (κ1) is 16.2. The largest absolute Gasteiger partial charge is 0.331 e. The second kappa shape index (κ2) is 5.74. The molecule has 0 saturated heterocycles. The monoisotopic (exact) mass is 350 g/mol. The third kappa shape index (κ3) is 2.91. The summed E-state index contributed by atoms with van der Waals surface area (Å²) in [5, 5.41) is 7.27. The molecule has 3 rings (SSSR count). The predicted octanol–water partition coefficient (Wildman–Crippen LogP) is 2.46. The Labute approximate surface area is 139 Å². The number of nitrogens with two attached hydrogens (primary N) is 1. The number of aryl methyl sites for hydroxylation is 1. The maximum Gasteiger partial charge on any atom is 0.254 e. The lowest BCUT2D eigenvalue weighted by Crippen LogP contribution is -2.38. The molecule has 0 saturated carbocycles. The Morgan fingerprint density at radius 2 is 2.09 bits per heavy atom. The summed E-state index contributed by atoms with van der Waals surface area (Å²) in [5.74, 6) is -0.167. The third-order valence-electron chi connectivity index (χ3n) is 4.28. The van der Waals surface area contributed by atoms with Crippen LogP contribution in [-0.4, -0.2) is 25.8 Å². The lowest BCUT2D eigenvalue weighted by molar-refractivity contribution is 0.0679. The minimum absolute atomic E-state index is 0.00392. The number of sulfonamides is 1. The number of rotatable bonds is 2. The summed E-state index contributed by atoms with van der Waals surface area (Å²) in [4.78, 5) is 15.9. The second-order valence-electron chi connectivity index (χ2n) is 5.75. The van der Waals surface area contributed by atoms with Crippen LogP contribution in [0.3, 0.4) is 0 Å². The fourth-order valence-electron chi connectivity index (χ4n) is 2.99. The average molecular weight is 350 g/mol. The fraction of sp³-hybridized carbons (Fsp3) is 0.312. The number of fused-ring (bicyclic) bond motifs is 1. The molecule has 2 aromatic rings. The molecule has 0 fully saturated rings. The van der Waals surface area contributed by atoms with E-state index in [1.54, 1.807) is 35.3 Å². The maximum absolute atomic E-state index is 12.8. The molecule has 23 heavy (non-hydrogen) atoms. The van der Waals surface area contributed by atoms with Gasteiger partial charge in [0.1, 0.15) is 0 Å². The van der Waals surface area contributed by atoms with E-state index in [0.29, 0.717) is 17.7 Å². The van der Waals surface area contributed by atoms with Crippen LogP contribution in [-0.2, 0) is 16.4 Å². The standard InChI is InChI=1S/C16H18N2O3S2/c1-10-3-4-12(9-15(10)23(17,20)21)16(19)18-7-5-14-13(11(18)2)6-8-22-14/h3-4,6,8-9,11H,5,7H2,1-2H3,(H2,17,20,21)/t11-/m0/s1. The van der Waals surface area contributed by atoms with Gasteiger partial charge >= 0.3 is 0 Å². The summed E-state index contributed by atoms with van der Waals surface area (Å²) in [5.41, 5.74) is 2.06. The fourth-order valence-corrected chi connectivity index (χ4v) is 4.76. The van der Waals surface area contributed by atoms with Gasteiger partial charge in [-0.3, -0.25) is 4.79 Å². The molecule has 1 amide bonds. The number of nitrogens with zero attached hydrogens (tertiary/aromatic N) is 1. The Morgan fingerprint density at radius 3 is 2.78 bits per heavy atom. The maximum atomic E-state index is 12.8. The lowest BCUT2D eigenvalue weighted by Gasteiger charge is -2.33. The summed E-state index contributed by atoms with van der Waals surface area (Å²) < 4.78 is 23.3. The molecule has 0 unspecified atom stereocenters. The SMILES string of the molecule is Cc1ccc(C(=O)N2CCc3sccc3[C@@H]2C)cc1S(N)(=O)=O. The average Bonchev–Trinajstić information content (AvgIpc) is 2.95. The van der Waals surface area contributed by atoms with Gasteiger partial charge in [0.05, 0.1) is 10.9 Å². The van der Waals surface area contributed by atoms with Crippen molar-refractivity contribution in [3.8, 4) is 0 Å². The van der Waals surface area contributed by atoms with Gasteiger partial charge in [-0.25, -0.2) is 13.6 Å². The first-order valence-electron chi connectivity index (χ1n) is 7.29. The number of thiophene rings is 1. The minimum atomic E-state index is -3.84. The van der Waals surface area contributed by atoms with Crippen molar-refractivity contribution < 1.29 is 13.2 Å². The topological polar surface area (TPSA) is 80.5 Å². The van der Waals surface area contributed by atoms with E-state index in [0.717, 1.165) is 6.42 Å². The highest BCUT2D eigenvalue weighted by Gasteiger charge is 2.29. The number of primary sulfonamides is 1. The van der Waals surface area contributed by atoms with Crippen molar-refractivity contribution in [2.24, 2.45) is 5.14 Å². The quantitative estimate of drug-likeness (QED) is 0.903. The summed E-state index contributed by atoms with van der Waals surface area (Å²) >= 11 is 1.71. The van der Waals surface area contributed by atoms with Crippen LogP contribution in [0.2, 0.25) is 0 Å². The molecule has 0 radical (unpaired) electrons. The van der Waals surface area contributed by atoms with E-state index in [-0.39, 0.29) is 16.8 Å². The van der Waals surface area contributed by atoms with Crippen LogP contribution in [0, 0.1) is 6.92 Å². The molecule has 122 valence electrons. The summed E-state index contributed by atoms with van der Waals surface area (Å²) in [7, 11) is -3.84. The van der Waals surface area contributed by atoms with Crippen LogP contribution < -0.4 is 5.14 Å². The number of hydrogen-bond donors (Lipinski definition) is 1. The van der Waals surface area contributed by atoms with E-state index in [9.17, 15) is 13.2 Å². The molecule has 0 bridgehead atoms. The van der Waals surface area contributed by atoms with Crippen molar-refractivity contribution in [3.63, 3.8) is 0 Å². The van der Waals surface area contributed by atoms with Crippen LogP contribution in [0.15, 0.2) is 34.5 Å². The van der Waals surface area contributed by atoms with Crippen molar-refractivity contribution >= 4 is 27.3 Å². The number of carbonyl (C=O) groups is 1. The van der Waals surface area contributed by atoms with E-state index in [2.05, 4.69) is 6.07 Å². The van der Waals surface area contributed by atoms with Gasteiger partial charge in [0.25, 0.3) is 5.91 Å². The molecule has 0 aliphatic carbocycles. The first-order valence-corrected chi connectivity index (χ1v) is 9.72. The van der Waals surface area contributed by atoms with Crippen LogP contribution in [0.5, 0.6) is 0 Å². The molecular weight excluding hydrogens is 332 g/mol. The number of carbonyl (C=O) groups excluding carboxylic acids is 1. The van der Waals surface area contributed by atoms with Crippen molar-refractivity contribution in [2.45, 2.75) is 31.2 Å². The number of benzene rings is 1. The summed E-state index contributed by atoms with van der Waals surface area (Å²) in [6.45, 7) is 4.29. The van der Waals surface area contributed by atoms with E-state index in [4.69, 9.17) is 5.14 Å². The van der Waals surface area contributed by atoms with Crippen LogP contribution in [0.1, 0.15) is 39.3 Å². The molecule has 1 aliphatic rings. The van der Waals surface area contributed by atoms with Crippen molar-refractivity contribution in [3.05, 3.63) is 51.2 Å². The van der Waals surface area contributed by atoms with Crippen LogP contribution in [0.25, 0.3) is 0 Å². The highest BCUT2D eigenvalue weighted by atomic mass is 32.2. The molecule has 2 heterocycles. The summed E-state index contributed by atoms with van der Waals surface area (Å²) in [6, 6.07) is 6.69. The molecular formula is C16H18N2O3S2. The zero-order valence-electron chi connectivity index (χ0n) is 12.9. The molecule has 1 aromatic carbocycles. The molecule has 1 atom stereocenters. The molecule has 0 spiro atoms. The Morgan fingerprint density at radius 1 is 1.35 bits per heavy atom. The Balaban J connectivity index is 1.96. The third-order valence-corrected chi connectivity index (χ3v) is 6.33. The van der Waals surface area contributed by atoms with Gasteiger partial charge in [-0.05, 0) is 55.0 Å². The minimum Gasteiger partial charge on any atom is -0.331 e. The predicted molar refractivity (Wildman–Crippen MR) is 90.0 cm³/mol. The molecule has 1 aromatic heterocycles. The second-order valence-corrected chi connectivity index (χ2v) is 8.28. The molecule has 2 N–H and O–H groups in total. The first-order chi connectivity index (χ1) is 10.8. The van der Waals surface area contributed by atoms with Gasteiger partial charge < -0.3 is 4.90 Å². The van der Waals surface area contributed by atoms with Gasteiger partial charge in [0.2, 0.25) is 10.0 Å². The Hall–Kier alpha value is -1.70. The zero-order valence-corrected chi connectivity index (χ0v) is 14.6. The van der Waals surface area contributed by atoms with E-state index < -0.39 is 10.0 Å². The van der Waals surface area contributed by atoms with Crippen LogP contribution in [0.4, 0.5) is 0 Å². The van der Waals surface area contributed by atoms with Gasteiger partial charge in [-0.15, -0.1) is 11.3 Å². The van der Waals surface area contributed by atoms with Crippen LogP contribution >= 0.6 is 11.3 Å². The van der Waals surface area contributed by atoms with Gasteiger partial charge in [-0.2, -0.15) is 0 Å². The lowest BCUT2D eigenvalue weighted by atomic mass is 10.00. The van der Waals surface area contributed by atoms with Gasteiger partial charge in [0, 0.05) is 17.0 Å². The van der Waals surface area contributed by atoms with E-state index >= 15 is 0 Å². The molecule has 7 heteroatoms. The highest BCUT2D eigenvalue weighted by Crippen LogP contribution is 2.33. The summed E-state index contributed by atoms with van der Waals surface area (Å²) in [6.07, 6.45) is 0.830. The van der Waals surface area contributed by atoms with Gasteiger partial charge in [-0.1, -0.05) is 6.07 Å². The smallest absolute Gasteiger partial charge is 0.254 e. The molecule has 1 aliphatic heterocycles. The van der Waals surface area contributed by atoms with E-state index in [1.165, 1.54) is 16.5 Å². The normalized spacial score (nSPS) is 17.9. The zero-order chi connectivity index (χ0) is 16.8. The number of hydrogen-bond acceptors (Lipinski definition) is 4. The van der Waals surface area contributed by atoms with Crippen molar-refractivity contribution in [2.75, 3.05) is 6.54 Å². The highest BCUT2D eigenvalue weighted by molar-refractivity contribution is 7.89. The molecule has 5 nitrogen and oxygen atoms in total. The van der Waals surface area contributed by atoms with Crippen molar-refractivity contribution in [1.29, 1.82) is 0 Å². The Bertz CT molecular complexity index is 871. The Kier molecular flexibility index (Phi) is 4.03.